The van der Waals surface area contributed by atoms with Gasteiger partial charge in [-0.2, -0.15) is 13.2 Å². The maximum atomic E-state index is 12.7. The van der Waals surface area contributed by atoms with Crippen molar-refractivity contribution in [1.82, 2.24) is 0 Å². The molecule has 0 heterocycles. The third-order valence-corrected chi connectivity index (χ3v) is 4.39. The van der Waals surface area contributed by atoms with Crippen LogP contribution in [-0.4, -0.2) is 20.1 Å². The molecule has 0 aliphatic carbocycles. The fourth-order valence-electron chi connectivity index (χ4n) is 2.33. The van der Waals surface area contributed by atoms with Crippen molar-refractivity contribution in [3.63, 3.8) is 0 Å². The van der Waals surface area contributed by atoms with Crippen molar-refractivity contribution in [3.05, 3.63) is 52.0 Å². The molecule has 0 aliphatic heterocycles. The normalized spacial score (nSPS) is 11.2. The molecule has 0 spiro atoms. The second-order valence-corrected chi connectivity index (χ2v) is 6.28. The summed E-state index contributed by atoms with van der Waals surface area (Å²) in [6, 6.07) is 8.02. The average molecular weight is 432 g/mol. The highest BCUT2D eigenvalue weighted by atomic mass is 79.9. The van der Waals surface area contributed by atoms with E-state index in [-0.39, 0.29) is 18.0 Å². The molecule has 1 N–H and O–H groups in total. The first-order valence-corrected chi connectivity index (χ1v) is 8.41. The molecule has 4 nitrogen and oxygen atoms in total. The van der Waals surface area contributed by atoms with E-state index < -0.39 is 11.7 Å². The molecule has 0 fully saturated rings. The van der Waals surface area contributed by atoms with Crippen LogP contribution >= 0.6 is 15.9 Å². The summed E-state index contributed by atoms with van der Waals surface area (Å²) in [6.07, 6.45) is -3.97. The minimum absolute atomic E-state index is 0.102. The van der Waals surface area contributed by atoms with Crippen LogP contribution in [0.5, 0.6) is 11.5 Å². The molecule has 0 saturated carbocycles. The van der Waals surface area contributed by atoms with E-state index in [1.54, 1.807) is 12.1 Å². The first kappa shape index (κ1) is 20.1. The van der Waals surface area contributed by atoms with E-state index in [4.69, 9.17) is 9.47 Å². The quantitative estimate of drug-likeness (QED) is 0.695. The summed E-state index contributed by atoms with van der Waals surface area (Å²) in [5, 5.41) is 2.49. The SMILES string of the molecule is COc1cc(Br)c(CCC(=O)Nc2cccc(C(F)(F)F)c2)cc1OC. The van der Waals surface area contributed by atoms with Gasteiger partial charge in [0.05, 0.1) is 19.8 Å². The summed E-state index contributed by atoms with van der Waals surface area (Å²) in [4.78, 5) is 12.1. The number of aryl methyl sites for hydroxylation is 1. The lowest BCUT2D eigenvalue weighted by Gasteiger charge is -2.12. The van der Waals surface area contributed by atoms with Crippen LogP contribution in [0.15, 0.2) is 40.9 Å². The summed E-state index contributed by atoms with van der Waals surface area (Å²) in [6.45, 7) is 0. The molecular weight excluding hydrogens is 415 g/mol. The number of hydrogen-bond donors (Lipinski definition) is 1. The van der Waals surface area contributed by atoms with E-state index in [1.807, 2.05) is 0 Å². The van der Waals surface area contributed by atoms with Gasteiger partial charge < -0.3 is 14.8 Å². The molecule has 2 rings (SSSR count). The first-order chi connectivity index (χ1) is 12.2. The van der Waals surface area contributed by atoms with E-state index in [0.29, 0.717) is 17.9 Å². The number of rotatable bonds is 6. The van der Waals surface area contributed by atoms with Crippen LogP contribution < -0.4 is 14.8 Å². The number of hydrogen-bond acceptors (Lipinski definition) is 3. The van der Waals surface area contributed by atoms with Gasteiger partial charge in [-0.05, 0) is 42.3 Å². The lowest BCUT2D eigenvalue weighted by Crippen LogP contribution is -2.13. The number of methoxy groups -OCH3 is 2. The minimum Gasteiger partial charge on any atom is -0.493 e. The Morgan fingerprint density at radius 3 is 2.38 bits per heavy atom. The zero-order chi connectivity index (χ0) is 19.3. The largest absolute Gasteiger partial charge is 0.493 e. The molecule has 140 valence electrons. The molecule has 1 amide bonds. The smallest absolute Gasteiger partial charge is 0.416 e. The molecule has 26 heavy (non-hydrogen) atoms. The topological polar surface area (TPSA) is 47.6 Å². The third-order valence-electron chi connectivity index (χ3n) is 3.65. The van der Waals surface area contributed by atoms with Gasteiger partial charge >= 0.3 is 6.18 Å². The van der Waals surface area contributed by atoms with Crippen molar-refractivity contribution in [2.75, 3.05) is 19.5 Å². The number of carbonyl (C=O) groups excluding carboxylic acids is 1. The molecule has 0 aliphatic rings. The van der Waals surface area contributed by atoms with Crippen molar-refractivity contribution in [1.29, 1.82) is 0 Å². The Bertz CT molecular complexity index is 794. The van der Waals surface area contributed by atoms with Gasteiger partial charge in [0.1, 0.15) is 0 Å². The summed E-state index contributed by atoms with van der Waals surface area (Å²) >= 11 is 3.41. The molecule has 2 aromatic carbocycles. The van der Waals surface area contributed by atoms with Crippen molar-refractivity contribution < 1.29 is 27.4 Å². The Hall–Kier alpha value is -2.22. The Morgan fingerprint density at radius 2 is 1.77 bits per heavy atom. The van der Waals surface area contributed by atoms with Crippen LogP contribution in [0, 0.1) is 0 Å². The van der Waals surface area contributed by atoms with Gasteiger partial charge in [0.15, 0.2) is 11.5 Å². The fraction of sp³-hybridized carbons (Fsp3) is 0.278. The van der Waals surface area contributed by atoms with Crippen molar-refractivity contribution in [2.24, 2.45) is 0 Å². The molecular formula is C18H17BrF3NO3. The van der Waals surface area contributed by atoms with E-state index in [0.717, 1.165) is 22.2 Å². The van der Waals surface area contributed by atoms with E-state index in [2.05, 4.69) is 21.2 Å². The predicted octanol–water partition coefficient (Wildman–Crippen LogP) is 5.06. The van der Waals surface area contributed by atoms with Crippen molar-refractivity contribution >= 4 is 27.5 Å². The van der Waals surface area contributed by atoms with Gasteiger partial charge in [-0.3, -0.25) is 4.79 Å². The summed E-state index contributed by atoms with van der Waals surface area (Å²) in [5.41, 5.74) is 0.121. The third kappa shape index (κ3) is 5.14. The van der Waals surface area contributed by atoms with Gasteiger partial charge in [0.25, 0.3) is 0 Å². The first-order valence-electron chi connectivity index (χ1n) is 7.62. The number of halogens is 4. The average Bonchev–Trinajstić information content (AvgIpc) is 2.59. The number of carbonyl (C=O) groups is 1. The van der Waals surface area contributed by atoms with Crippen molar-refractivity contribution in [2.45, 2.75) is 19.0 Å². The van der Waals surface area contributed by atoms with Crippen LogP contribution in [0.3, 0.4) is 0 Å². The maximum Gasteiger partial charge on any atom is 0.416 e. The molecule has 0 aromatic heterocycles. The highest BCUT2D eigenvalue weighted by Gasteiger charge is 2.30. The Labute approximate surface area is 157 Å². The summed E-state index contributed by atoms with van der Waals surface area (Å²) in [5.74, 6) is 0.700. The molecule has 0 atom stereocenters. The Balaban J connectivity index is 2.04. The van der Waals surface area contributed by atoms with Crippen LogP contribution in [-0.2, 0) is 17.4 Å². The van der Waals surface area contributed by atoms with Crippen LogP contribution in [0.1, 0.15) is 17.5 Å². The van der Waals surface area contributed by atoms with Gasteiger partial charge in [0, 0.05) is 16.6 Å². The van der Waals surface area contributed by atoms with E-state index >= 15 is 0 Å². The molecule has 8 heteroatoms. The van der Waals surface area contributed by atoms with Gasteiger partial charge in [-0.1, -0.05) is 22.0 Å². The molecule has 0 radical (unpaired) electrons. The van der Waals surface area contributed by atoms with E-state index in [9.17, 15) is 18.0 Å². The maximum absolute atomic E-state index is 12.7. The lowest BCUT2D eigenvalue weighted by atomic mass is 10.1. The van der Waals surface area contributed by atoms with Crippen molar-refractivity contribution in [3.8, 4) is 11.5 Å². The Kier molecular flexibility index (Phi) is 6.52. The highest BCUT2D eigenvalue weighted by molar-refractivity contribution is 9.10. The second-order valence-electron chi connectivity index (χ2n) is 5.43. The summed E-state index contributed by atoms with van der Waals surface area (Å²) in [7, 11) is 3.03. The summed E-state index contributed by atoms with van der Waals surface area (Å²) < 4.78 is 49.3. The van der Waals surface area contributed by atoms with Gasteiger partial charge in [-0.15, -0.1) is 0 Å². The number of anilines is 1. The standard InChI is InChI=1S/C18H17BrF3NO3/c1-25-15-8-11(14(19)10-16(15)26-2)6-7-17(24)23-13-5-3-4-12(9-13)18(20,21)22/h3-5,8-10H,6-7H2,1-2H3,(H,23,24). The zero-order valence-electron chi connectivity index (χ0n) is 14.1. The minimum atomic E-state index is -4.45. The van der Waals surface area contributed by atoms with Crippen LogP contribution in [0.25, 0.3) is 0 Å². The van der Waals surface area contributed by atoms with Crippen LogP contribution in [0.2, 0.25) is 0 Å². The van der Waals surface area contributed by atoms with Gasteiger partial charge in [0.2, 0.25) is 5.91 Å². The number of ether oxygens (including phenoxy) is 2. The highest BCUT2D eigenvalue weighted by Crippen LogP contribution is 2.34. The number of benzene rings is 2. The zero-order valence-corrected chi connectivity index (χ0v) is 15.7. The van der Waals surface area contributed by atoms with Gasteiger partial charge in [-0.25, -0.2) is 0 Å². The number of nitrogens with one attached hydrogen (secondary N) is 1. The van der Waals surface area contributed by atoms with Crippen LogP contribution in [0.4, 0.5) is 18.9 Å². The number of alkyl halides is 3. The predicted molar refractivity (Wildman–Crippen MR) is 95.6 cm³/mol. The molecule has 0 bridgehead atoms. The number of amides is 1. The lowest BCUT2D eigenvalue weighted by molar-refractivity contribution is -0.137. The van der Waals surface area contributed by atoms with E-state index in [1.165, 1.54) is 26.4 Å². The molecule has 2 aromatic rings. The Morgan fingerprint density at radius 1 is 1.12 bits per heavy atom. The fourth-order valence-corrected chi connectivity index (χ4v) is 2.85. The second kappa shape index (κ2) is 8.44. The molecule has 0 unspecified atom stereocenters. The monoisotopic (exact) mass is 431 g/mol. The molecule has 0 saturated heterocycles.